The molecule has 1 aromatic carbocycles. The molecule has 0 saturated carbocycles. The van der Waals surface area contributed by atoms with E-state index in [4.69, 9.17) is 4.74 Å². The molecular formula is C22H22N4O3S. The predicted octanol–water partition coefficient (Wildman–Crippen LogP) is 3.51. The van der Waals surface area contributed by atoms with Crippen molar-refractivity contribution in [3.63, 3.8) is 0 Å². The van der Waals surface area contributed by atoms with Gasteiger partial charge < -0.3 is 10.1 Å². The van der Waals surface area contributed by atoms with E-state index < -0.39 is 5.97 Å². The number of ether oxygens (including phenoxy) is 1. The van der Waals surface area contributed by atoms with E-state index in [9.17, 15) is 9.59 Å². The number of hydrogen-bond donors (Lipinski definition) is 1. The summed E-state index contributed by atoms with van der Waals surface area (Å²) in [6, 6.07) is 7.93. The van der Waals surface area contributed by atoms with Crippen molar-refractivity contribution in [3.8, 4) is 10.8 Å². The molecule has 154 valence electrons. The van der Waals surface area contributed by atoms with E-state index in [0.29, 0.717) is 10.8 Å². The van der Waals surface area contributed by atoms with Gasteiger partial charge in [0.2, 0.25) is 0 Å². The molecule has 7 nitrogen and oxygen atoms in total. The lowest BCUT2D eigenvalue weighted by Crippen LogP contribution is -2.31. The number of esters is 1. The Morgan fingerprint density at radius 2 is 1.93 bits per heavy atom. The molecule has 30 heavy (non-hydrogen) atoms. The van der Waals surface area contributed by atoms with Crippen LogP contribution >= 0.6 is 11.3 Å². The molecule has 1 amide bonds. The van der Waals surface area contributed by atoms with Gasteiger partial charge in [-0.15, -0.1) is 11.3 Å². The summed E-state index contributed by atoms with van der Waals surface area (Å²) in [5.41, 5.74) is 3.97. The zero-order valence-electron chi connectivity index (χ0n) is 16.6. The quantitative estimate of drug-likeness (QED) is 0.611. The van der Waals surface area contributed by atoms with Crippen molar-refractivity contribution in [2.24, 2.45) is 0 Å². The monoisotopic (exact) mass is 422 g/mol. The number of fused-ring (bicyclic) bond motifs is 1. The van der Waals surface area contributed by atoms with E-state index >= 15 is 0 Å². The maximum absolute atomic E-state index is 12.3. The molecule has 3 aromatic rings. The lowest BCUT2D eigenvalue weighted by Gasteiger charge is -2.20. The minimum atomic E-state index is -0.648. The molecular weight excluding hydrogens is 400 g/mol. The number of amides is 1. The zero-order valence-corrected chi connectivity index (χ0v) is 17.4. The molecule has 1 aliphatic rings. The summed E-state index contributed by atoms with van der Waals surface area (Å²) >= 11 is 1.25. The first-order chi connectivity index (χ1) is 14.6. The van der Waals surface area contributed by atoms with Gasteiger partial charge in [0.15, 0.2) is 23.1 Å². The molecule has 0 spiro atoms. The van der Waals surface area contributed by atoms with Gasteiger partial charge in [-0.05, 0) is 55.4 Å². The number of benzene rings is 1. The first-order valence-electron chi connectivity index (χ1n) is 9.91. The lowest BCUT2D eigenvalue weighted by molar-refractivity contribution is -0.124. The van der Waals surface area contributed by atoms with E-state index in [1.165, 1.54) is 35.3 Å². The number of aromatic nitrogens is 3. The van der Waals surface area contributed by atoms with Crippen LogP contribution in [0.15, 0.2) is 42.0 Å². The van der Waals surface area contributed by atoms with Crippen LogP contribution in [0.4, 0.5) is 0 Å². The normalized spacial score (nSPS) is 13.9. The molecule has 0 aliphatic heterocycles. The maximum Gasteiger partial charge on any atom is 0.358 e. The first-order valence-corrected chi connectivity index (χ1v) is 10.8. The van der Waals surface area contributed by atoms with E-state index in [0.717, 1.165) is 18.4 Å². The smallest absolute Gasteiger partial charge is 0.358 e. The molecule has 1 aliphatic carbocycles. The third kappa shape index (κ3) is 4.71. The van der Waals surface area contributed by atoms with Gasteiger partial charge in [-0.1, -0.05) is 18.2 Å². The number of nitrogens with one attached hydrogen (secondary N) is 1. The topological polar surface area (TPSA) is 94.1 Å². The molecule has 1 N–H and O–H groups in total. The van der Waals surface area contributed by atoms with Crippen LogP contribution in [0.25, 0.3) is 10.8 Å². The van der Waals surface area contributed by atoms with Crippen molar-refractivity contribution in [2.45, 2.75) is 38.6 Å². The predicted molar refractivity (Wildman–Crippen MR) is 113 cm³/mol. The van der Waals surface area contributed by atoms with Crippen molar-refractivity contribution in [3.05, 3.63) is 64.4 Å². The number of nitrogens with zero attached hydrogens (tertiary/aromatic N) is 3. The SMILES string of the molecule is CC(NC(=O)COC(=O)c1csc(-c2ncccn2)n1)c1ccc2c(c1)CCCC2. The highest BCUT2D eigenvalue weighted by Crippen LogP contribution is 2.25. The fraction of sp³-hybridized carbons (Fsp3) is 0.318. The van der Waals surface area contributed by atoms with Gasteiger partial charge in [-0.2, -0.15) is 0 Å². The van der Waals surface area contributed by atoms with Gasteiger partial charge in [0.05, 0.1) is 6.04 Å². The Morgan fingerprint density at radius 1 is 1.17 bits per heavy atom. The molecule has 0 fully saturated rings. The van der Waals surface area contributed by atoms with E-state index in [-0.39, 0.29) is 24.2 Å². The second kappa shape index (κ2) is 9.13. The van der Waals surface area contributed by atoms with Crippen LogP contribution in [0, 0.1) is 0 Å². The van der Waals surface area contributed by atoms with Crippen LogP contribution in [0.1, 0.15) is 53.0 Å². The Labute approximate surface area is 178 Å². The Hall–Kier alpha value is -3.13. The summed E-state index contributed by atoms with van der Waals surface area (Å²) in [4.78, 5) is 36.9. The fourth-order valence-corrected chi connectivity index (χ4v) is 4.21. The Balaban J connectivity index is 1.30. The van der Waals surface area contributed by atoms with E-state index in [1.54, 1.807) is 23.8 Å². The summed E-state index contributed by atoms with van der Waals surface area (Å²) in [7, 11) is 0. The summed E-state index contributed by atoms with van der Waals surface area (Å²) < 4.78 is 5.12. The molecule has 0 radical (unpaired) electrons. The van der Waals surface area contributed by atoms with Gasteiger partial charge in [0, 0.05) is 17.8 Å². The molecule has 8 heteroatoms. The van der Waals surface area contributed by atoms with Crippen molar-refractivity contribution in [1.82, 2.24) is 20.3 Å². The van der Waals surface area contributed by atoms with Crippen LogP contribution in [0.5, 0.6) is 0 Å². The van der Waals surface area contributed by atoms with E-state index in [1.807, 2.05) is 6.92 Å². The highest BCUT2D eigenvalue weighted by Gasteiger charge is 2.18. The van der Waals surface area contributed by atoms with Crippen LogP contribution in [-0.4, -0.2) is 33.4 Å². The fourth-order valence-electron chi connectivity index (χ4n) is 3.47. The van der Waals surface area contributed by atoms with Crippen molar-refractivity contribution >= 4 is 23.2 Å². The number of thiazole rings is 1. The number of aryl methyl sites for hydroxylation is 2. The highest BCUT2D eigenvalue weighted by molar-refractivity contribution is 7.13. The minimum absolute atomic E-state index is 0.137. The summed E-state index contributed by atoms with van der Waals surface area (Å²) in [5.74, 6) is -0.557. The average Bonchev–Trinajstić information content (AvgIpc) is 3.28. The summed E-state index contributed by atoms with van der Waals surface area (Å²) in [5, 5.41) is 4.98. The molecule has 2 aromatic heterocycles. The van der Waals surface area contributed by atoms with Crippen molar-refractivity contribution in [2.75, 3.05) is 6.61 Å². The second-order valence-corrected chi connectivity index (χ2v) is 8.07. The number of rotatable bonds is 6. The van der Waals surface area contributed by atoms with Gasteiger partial charge in [0.1, 0.15) is 0 Å². The molecule has 1 unspecified atom stereocenters. The Kier molecular flexibility index (Phi) is 6.13. The standard InChI is InChI=1S/C22H22N4O3S/c1-14(16-8-7-15-5-2-3-6-17(15)11-16)25-19(27)12-29-22(28)18-13-30-21(26-18)20-23-9-4-10-24-20/h4,7-11,13-14H,2-3,5-6,12H2,1H3,(H,25,27). The van der Waals surface area contributed by atoms with E-state index in [2.05, 4.69) is 38.5 Å². The molecule has 2 heterocycles. The largest absolute Gasteiger partial charge is 0.451 e. The van der Waals surface area contributed by atoms with Crippen LogP contribution in [0.2, 0.25) is 0 Å². The number of carbonyl (C=O) groups is 2. The second-order valence-electron chi connectivity index (χ2n) is 7.21. The Bertz CT molecular complexity index is 1050. The van der Waals surface area contributed by atoms with Crippen LogP contribution < -0.4 is 5.32 Å². The summed E-state index contributed by atoms with van der Waals surface area (Å²) in [6.45, 7) is 1.57. The van der Waals surface area contributed by atoms with Gasteiger partial charge in [-0.25, -0.2) is 19.7 Å². The lowest BCUT2D eigenvalue weighted by atomic mass is 9.89. The Morgan fingerprint density at radius 3 is 2.73 bits per heavy atom. The maximum atomic E-state index is 12.3. The highest BCUT2D eigenvalue weighted by atomic mass is 32.1. The van der Waals surface area contributed by atoms with Gasteiger partial charge in [0.25, 0.3) is 5.91 Å². The molecule has 1 atom stereocenters. The van der Waals surface area contributed by atoms with Crippen LogP contribution in [-0.2, 0) is 22.4 Å². The van der Waals surface area contributed by atoms with Gasteiger partial charge >= 0.3 is 5.97 Å². The van der Waals surface area contributed by atoms with Crippen molar-refractivity contribution < 1.29 is 14.3 Å². The number of hydrogen-bond acceptors (Lipinski definition) is 7. The first kappa shape index (κ1) is 20.2. The zero-order chi connectivity index (χ0) is 20.9. The molecule has 4 rings (SSSR count). The molecule has 0 bridgehead atoms. The van der Waals surface area contributed by atoms with Crippen LogP contribution in [0.3, 0.4) is 0 Å². The van der Waals surface area contributed by atoms with Gasteiger partial charge in [-0.3, -0.25) is 4.79 Å². The van der Waals surface area contributed by atoms with Crippen molar-refractivity contribution in [1.29, 1.82) is 0 Å². The minimum Gasteiger partial charge on any atom is -0.451 e. The molecule has 0 saturated heterocycles. The summed E-state index contributed by atoms with van der Waals surface area (Å²) in [6.07, 6.45) is 7.88. The third-order valence-corrected chi connectivity index (χ3v) is 5.89. The third-order valence-electron chi connectivity index (χ3n) is 5.05. The average molecular weight is 423 g/mol. The number of carbonyl (C=O) groups excluding carboxylic acids is 2.